The minimum absolute atomic E-state index is 0.306. The van der Waals surface area contributed by atoms with Crippen LogP contribution in [-0.4, -0.2) is 30.6 Å². The lowest BCUT2D eigenvalue weighted by Crippen LogP contribution is -2.22. The molecule has 116 valence electrons. The lowest BCUT2D eigenvalue weighted by Gasteiger charge is -2.18. The molecule has 5 heteroatoms. The number of aromatic nitrogens is 1. The fraction of sp³-hybridized carbons (Fsp3) is 0.412. The van der Waals surface area contributed by atoms with Gasteiger partial charge in [0, 0.05) is 31.1 Å². The molecule has 1 aliphatic heterocycles. The molecule has 22 heavy (non-hydrogen) atoms. The Hall–Kier alpha value is -2.30. The fourth-order valence-corrected chi connectivity index (χ4v) is 2.79. The van der Waals surface area contributed by atoms with Crippen molar-refractivity contribution in [1.82, 2.24) is 4.98 Å². The molecule has 0 N–H and O–H groups in total. The van der Waals surface area contributed by atoms with Crippen LogP contribution >= 0.6 is 0 Å². The molecule has 2 aromatic rings. The smallest absolute Gasteiger partial charge is 0.360 e. The normalized spacial score (nSPS) is 17.7. The van der Waals surface area contributed by atoms with Crippen molar-refractivity contribution in [2.45, 2.75) is 19.8 Å². The average molecular weight is 300 g/mol. The van der Waals surface area contributed by atoms with E-state index in [4.69, 9.17) is 9.15 Å². The number of rotatable bonds is 5. The van der Waals surface area contributed by atoms with Gasteiger partial charge in [-0.15, -0.1) is 0 Å². The highest BCUT2D eigenvalue weighted by atomic mass is 16.5. The highest BCUT2D eigenvalue weighted by molar-refractivity contribution is 5.88. The second-order valence-electron chi connectivity index (χ2n) is 5.51. The standard InChI is InChI=1S/C17H20N2O3/c1-2-15-16(18-12-22-15)17(20)21-11-13-8-9-19(10-13)14-6-4-3-5-7-14/h3-7,12-13H,2,8-11H2,1H3/t13-/m0/s1. The van der Waals surface area contributed by atoms with Crippen molar-refractivity contribution < 1.29 is 13.9 Å². The molecule has 5 nitrogen and oxygen atoms in total. The number of anilines is 1. The van der Waals surface area contributed by atoms with E-state index in [0.29, 0.717) is 30.4 Å². The molecule has 1 aromatic heterocycles. The van der Waals surface area contributed by atoms with Crippen LogP contribution in [0.5, 0.6) is 0 Å². The second-order valence-corrected chi connectivity index (χ2v) is 5.51. The highest BCUT2D eigenvalue weighted by Crippen LogP contribution is 2.24. The van der Waals surface area contributed by atoms with E-state index >= 15 is 0 Å². The van der Waals surface area contributed by atoms with Crippen molar-refractivity contribution in [3.05, 3.63) is 48.2 Å². The summed E-state index contributed by atoms with van der Waals surface area (Å²) in [5.74, 6) is 0.562. The molecule has 3 rings (SSSR count). The number of ether oxygens (including phenoxy) is 1. The van der Waals surface area contributed by atoms with E-state index in [-0.39, 0.29) is 5.97 Å². The maximum absolute atomic E-state index is 12.0. The van der Waals surface area contributed by atoms with E-state index in [1.54, 1.807) is 0 Å². The fourth-order valence-electron chi connectivity index (χ4n) is 2.79. The lowest BCUT2D eigenvalue weighted by atomic mass is 10.1. The molecule has 0 unspecified atom stereocenters. The number of carbonyl (C=O) groups excluding carboxylic acids is 1. The molecule has 0 bridgehead atoms. The quantitative estimate of drug-likeness (QED) is 0.795. The molecule has 1 fully saturated rings. The van der Waals surface area contributed by atoms with Crippen LogP contribution in [0, 0.1) is 5.92 Å². The summed E-state index contributed by atoms with van der Waals surface area (Å²) in [5, 5.41) is 0. The molecule has 0 spiro atoms. The van der Waals surface area contributed by atoms with Crippen molar-refractivity contribution in [2.75, 3.05) is 24.6 Å². The zero-order valence-electron chi connectivity index (χ0n) is 12.7. The van der Waals surface area contributed by atoms with Crippen LogP contribution in [0.4, 0.5) is 5.69 Å². The number of para-hydroxylation sites is 1. The minimum Gasteiger partial charge on any atom is -0.461 e. The third kappa shape index (κ3) is 3.13. The van der Waals surface area contributed by atoms with E-state index < -0.39 is 0 Å². The third-order valence-electron chi connectivity index (χ3n) is 4.01. The van der Waals surface area contributed by atoms with E-state index in [1.807, 2.05) is 25.1 Å². The van der Waals surface area contributed by atoms with Gasteiger partial charge in [0.15, 0.2) is 12.1 Å². The number of benzene rings is 1. The highest BCUT2D eigenvalue weighted by Gasteiger charge is 2.25. The molecule has 2 heterocycles. The number of esters is 1. The summed E-state index contributed by atoms with van der Waals surface area (Å²) in [5.41, 5.74) is 1.53. The van der Waals surface area contributed by atoms with Crippen LogP contribution in [0.15, 0.2) is 41.1 Å². The summed E-state index contributed by atoms with van der Waals surface area (Å²) >= 11 is 0. The Morgan fingerprint density at radius 3 is 3.00 bits per heavy atom. The Kier molecular flexibility index (Phi) is 4.42. The van der Waals surface area contributed by atoms with Gasteiger partial charge in [-0.25, -0.2) is 9.78 Å². The van der Waals surface area contributed by atoms with Crippen LogP contribution in [-0.2, 0) is 11.2 Å². The molecule has 1 aromatic carbocycles. The van der Waals surface area contributed by atoms with Gasteiger partial charge < -0.3 is 14.1 Å². The van der Waals surface area contributed by atoms with Crippen LogP contribution in [0.2, 0.25) is 0 Å². The van der Waals surface area contributed by atoms with Gasteiger partial charge in [-0.2, -0.15) is 0 Å². The van der Waals surface area contributed by atoms with Crippen LogP contribution in [0.3, 0.4) is 0 Å². The Labute approximate surface area is 129 Å². The second kappa shape index (κ2) is 6.64. The zero-order chi connectivity index (χ0) is 15.4. The zero-order valence-corrected chi connectivity index (χ0v) is 12.7. The van der Waals surface area contributed by atoms with Crippen molar-refractivity contribution in [2.24, 2.45) is 5.92 Å². The Balaban J connectivity index is 1.52. The summed E-state index contributed by atoms with van der Waals surface area (Å²) in [6, 6.07) is 10.3. The first-order valence-corrected chi connectivity index (χ1v) is 7.67. The largest absolute Gasteiger partial charge is 0.461 e. The molecule has 0 aliphatic carbocycles. The van der Waals surface area contributed by atoms with Crippen LogP contribution in [0.25, 0.3) is 0 Å². The average Bonchev–Trinajstić information content (AvgIpc) is 3.22. The molecule has 0 saturated carbocycles. The molecule has 1 atom stereocenters. The first kappa shape index (κ1) is 14.6. The molecular formula is C17H20N2O3. The first-order chi connectivity index (χ1) is 10.8. The first-order valence-electron chi connectivity index (χ1n) is 7.67. The van der Waals surface area contributed by atoms with E-state index in [9.17, 15) is 4.79 Å². The monoisotopic (exact) mass is 300 g/mol. The molecular weight excluding hydrogens is 280 g/mol. The summed E-state index contributed by atoms with van der Waals surface area (Å²) in [6.07, 6.45) is 2.96. The SMILES string of the molecule is CCc1ocnc1C(=O)OC[C@H]1CCN(c2ccccc2)C1. The Bertz CT molecular complexity index is 624. The number of hydrogen-bond acceptors (Lipinski definition) is 5. The van der Waals surface area contributed by atoms with Gasteiger partial charge >= 0.3 is 5.97 Å². The summed E-state index contributed by atoms with van der Waals surface area (Å²) < 4.78 is 10.6. The predicted octanol–water partition coefficient (Wildman–Crippen LogP) is 2.92. The summed E-state index contributed by atoms with van der Waals surface area (Å²) in [4.78, 5) is 18.3. The van der Waals surface area contributed by atoms with Crippen molar-refractivity contribution in [3.63, 3.8) is 0 Å². The van der Waals surface area contributed by atoms with Gasteiger partial charge in [-0.1, -0.05) is 25.1 Å². The van der Waals surface area contributed by atoms with E-state index in [2.05, 4.69) is 22.0 Å². The van der Waals surface area contributed by atoms with Crippen molar-refractivity contribution >= 4 is 11.7 Å². The number of aryl methyl sites for hydroxylation is 1. The number of carbonyl (C=O) groups is 1. The van der Waals surface area contributed by atoms with Crippen molar-refractivity contribution in [1.29, 1.82) is 0 Å². The molecule has 1 aliphatic rings. The van der Waals surface area contributed by atoms with Gasteiger partial charge in [-0.05, 0) is 18.6 Å². The van der Waals surface area contributed by atoms with Gasteiger partial charge in [0.2, 0.25) is 0 Å². The van der Waals surface area contributed by atoms with Gasteiger partial charge in [-0.3, -0.25) is 0 Å². The molecule has 1 saturated heterocycles. The topological polar surface area (TPSA) is 55.6 Å². The number of oxazole rings is 1. The molecule has 0 amide bonds. The summed E-state index contributed by atoms with van der Waals surface area (Å²) in [6.45, 7) is 4.26. The Morgan fingerprint density at radius 1 is 1.41 bits per heavy atom. The van der Waals surface area contributed by atoms with Gasteiger partial charge in [0.25, 0.3) is 0 Å². The predicted molar refractivity (Wildman–Crippen MR) is 82.9 cm³/mol. The minimum atomic E-state index is -0.385. The number of hydrogen-bond donors (Lipinski definition) is 0. The third-order valence-corrected chi connectivity index (χ3v) is 4.01. The maximum Gasteiger partial charge on any atom is 0.360 e. The van der Waals surface area contributed by atoms with E-state index in [1.165, 1.54) is 12.1 Å². The van der Waals surface area contributed by atoms with Gasteiger partial charge in [0.05, 0.1) is 6.61 Å². The van der Waals surface area contributed by atoms with Crippen molar-refractivity contribution in [3.8, 4) is 0 Å². The van der Waals surface area contributed by atoms with Crippen LogP contribution in [0.1, 0.15) is 29.6 Å². The molecule has 0 radical (unpaired) electrons. The van der Waals surface area contributed by atoms with Gasteiger partial charge in [0.1, 0.15) is 5.76 Å². The summed E-state index contributed by atoms with van der Waals surface area (Å²) in [7, 11) is 0. The lowest BCUT2D eigenvalue weighted by molar-refractivity contribution is 0.0442. The number of nitrogens with zero attached hydrogens (tertiary/aromatic N) is 2. The Morgan fingerprint density at radius 2 is 2.23 bits per heavy atom. The maximum atomic E-state index is 12.0. The van der Waals surface area contributed by atoms with E-state index in [0.717, 1.165) is 19.5 Å². The van der Waals surface area contributed by atoms with Crippen LogP contribution < -0.4 is 4.90 Å².